The van der Waals surface area contributed by atoms with E-state index >= 15 is 0 Å². The van der Waals surface area contributed by atoms with Crippen LogP contribution in [0, 0.1) is 20.8 Å². The summed E-state index contributed by atoms with van der Waals surface area (Å²) in [6.45, 7) is 10.1. The zero-order chi connectivity index (χ0) is 28.2. The molecule has 4 rings (SSSR count). The first-order valence-electron chi connectivity index (χ1n) is 12.9. The van der Waals surface area contributed by atoms with Crippen molar-refractivity contribution in [3.05, 3.63) is 130 Å². The molecule has 2 amide bonds. The number of carbonyl (C=O) groups excluding carboxylic acids is 2. The molecule has 39 heavy (non-hydrogen) atoms. The van der Waals surface area contributed by atoms with Crippen LogP contribution < -0.4 is 10.9 Å². The summed E-state index contributed by atoms with van der Waals surface area (Å²) < 4.78 is 0. The molecule has 0 spiro atoms. The van der Waals surface area contributed by atoms with Gasteiger partial charge >= 0.3 is 0 Å². The lowest BCUT2D eigenvalue weighted by Gasteiger charge is -2.06. The highest BCUT2D eigenvalue weighted by Gasteiger charge is 2.07. The first-order chi connectivity index (χ1) is 18.9. The number of hydrazone groups is 2. The number of rotatable bonds is 7. The van der Waals surface area contributed by atoms with Gasteiger partial charge in [0.2, 0.25) is 0 Å². The molecule has 0 fully saturated rings. The lowest BCUT2D eigenvalue weighted by atomic mass is 10.0. The molecule has 0 atom stereocenters. The van der Waals surface area contributed by atoms with Gasteiger partial charge in [0, 0.05) is 11.1 Å². The van der Waals surface area contributed by atoms with Gasteiger partial charge in [-0.05, 0) is 78.4 Å². The van der Waals surface area contributed by atoms with Crippen LogP contribution in [-0.2, 0) is 0 Å². The van der Waals surface area contributed by atoms with Crippen molar-refractivity contribution in [1.29, 1.82) is 0 Å². The lowest BCUT2D eigenvalue weighted by Crippen LogP contribution is -2.17. The van der Waals surface area contributed by atoms with Crippen LogP contribution in [0.25, 0.3) is 11.1 Å². The van der Waals surface area contributed by atoms with E-state index in [1.165, 1.54) is 11.1 Å². The van der Waals surface area contributed by atoms with Gasteiger partial charge in [-0.25, -0.2) is 10.9 Å². The minimum atomic E-state index is -0.288. The average molecular weight is 519 g/mol. The van der Waals surface area contributed by atoms with Crippen LogP contribution in [0.1, 0.15) is 62.4 Å². The molecule has 6 heteroatoms. The Kier molecular flexibility index (Phi) is 10.5. The normalized spacial score (nSPS) is 10.7. The molecule has 0 saturated heterocycles. The Labute approximate surface area is 230 Å². The van der Waals surface area contributed by atoms with Crippen LogP contribution in [-0.4, -0.2) is 24.2 Å². The van der Waals surface area contributed by atoms with E-state index in [4.69, 9.17) is 0 Å². The van der Waals surface area contributed by atoms with E-state index in [0.717, 1.165) is 27.8 Å². The summed E-state index contributed by atoms with van der Waals surface area (Å²) in [6.07, 6.45) is 3.25. The van der Waals surface area contributed by atoms with Gasteiger partial charge in [-0.3, -0.25) is 9.59 Å². The number of nitrogens with one attached hydrogen (secondary N) is 2. The van der Waals surface area contributed by atoms with Crippen LogP contribution in [0.2, 0.25) is 0 Å². The molecule has 0 aliphatic carbocycles. The Bertz CT molecular complexity index is 1470. The van der Waals surface area contributed by atoms with Gasteiger partial charge < -0.3 is 0 Å². The summed E-state index contributed by atoms with van der Waals surface area (Å²) in [6, 6.07) is 28.3. The number of amides is 2. The molecule has 0 saturated carbocycles. The van der Waals surface area contributed by atoms with E-state index in [-0.39, 0.29) is 11.8 Å². The van der Waals surface area contributed by atoms with Gasteiger partial charge in [0.1, 0.15) is 0 Å². The number of hydrogen-bond acceptors (Lipinski definition) is 4. The third kappa shape index (κ3) is 8.33. The molecule has 0 unspecified atom stereocenters. The second-order valence-corrected chi connectivity index (χ2v) is 8.81. The van der Waals surface area contributed by atoms with Crippen LogP contribution in [0.5, 0.6) is 0 Å². The van der Waals surface area contributed by atoms with Gasteiger partial charge in [0.15, 0.2) is 0 Å². The third-order valence-corrected chi connectivity index (χ3v) is 5.96. The maximum absolute atomic E-state index is 12.4. The Morgan fingerprint density at radius 2 is 1.08 bits per heavy atom. The zero-order valence-electron chi connectivity index (χ0n) is 23.0. The van der Waals surface area contributed by atoms with Crippen molar-refractivity contribution < 1.29 is 9.59 Å². The van der Waals surface area contributed by atoms with E-state index in [0.29, 0.717) is 11.1 Å². The van der Waals surface area contributed by atoms with Crippen molar-refractivity contribution >= 4 is 24.2 Å². The molecule has 4 aromatic carbocycles. The molecular weight excluding hydrogens is 484 g/mol. The number of carbonyl (C=O) groups is 2. The summed E-state index contributed by atoms with van der Waals surface area (Å²) in [7, 11) is 0. The van der Waals surface area contributed by atoms with Gasteiger partial charge in [0.25, 0.3) is 11.8 Å². The second kappa shape index (κ2) is 14.2. The first-order valence-corrected chi connectivity index (χ1v) is 12.9. The van der Waals surface area contributed by atoms with E-state index in [9.17, 15) is 9.59 Å². The van der Waals surface area contributed by atoms with E-state index < -0.39 is 0 Å². The van der Waals surface area contributed by atoms with Crippen molar-refractivity contribution in [2.75, 3.05) is 0 Å². The Hall–Kier alpha value is -4.84. The highest BCUT2D eigenvalue weighted by molar-refractivity contribution is 5.96. The summed E-state index contributed by atoms with van der Waals surface area (Å²) in [5, 5.41) is 8.10. The van der Waals surface area contributed by atoms with Gasteiger partial charge in [-0.1, -0.05) is 86.1 Å². The summed E-state index contributed by atoms with van der Waals surface area (Å²) >= 11 is 0. The number of benzene rings is 4. The minimum Gasteiger partial charge on any atom is -0.267 e. The quantitative estimate of drug-likeness (QED) is 0.208. The Morgan fingerprint density at radius 1 is 0.590 bits per heavy atom. The fraction of sp³-hybridized carbons (Fsp3) is 0.152. The smallest absolute Gasteiger partial charge is 0.267 e. The van der Waals surface area contributed by atoms with Crippen molar-refractivity contribution in [3.63, 3.8) is 0 Å². The van der Waals surface area contributed by atoms with E-state index in [2.05, 4.69) is 28.0 Å². The highest BCUT2D eigenvalue weighted by Crippen LogP contribution is 2.20. The SMILES string of the molecule is CC.Cc1cccc(/C=N/NC(=O)c2ccc(-c3ccc(C(=O)N/N=C/c4ccc(C)c(C)c4)cc3)cc2)c1. The Morgan fingerprint density at radius 3 is 1.54 bits per heavy atom. The lowest BCUT2D eigenvalue weighted by molar-refractivity contribution is 0.0947. The molecule has 0 heterocycles. The molecule has 0 aromatic heterocycles. The summed E-state index contributed by atoms with van der Waals surface area (Å²) in [5.41, 5.74) is 13.3. The highest BCUT2D eigenvalue weighted by atomic mass is 16.2. The molecule has 6 nitrogen and oxygen atoms in total. The van der Waals surface area contributed by atoms with Crippen molar-refractivity contribution in [1.82, 2.24) is 10.9 Å². The summed E-state index contributed by atoms with van der Waals surface area (Å²) in [4.78, 5) is 24.8. The van der Waals surface area contributed by atoms with Gasteiger partial charge in [-0.15, -0.1) is 0 Å². The molecule has 0 aliphatic rings. The average Bonchev–Trinajstić information content (AvgIpc) is 2.96. The second-order valence-electron chi connectivity index (χ2n) is 8.81. The predicted molar refractivity (Wildman–Crippen MR) is 160 cm³/mol. The van der Waals surface area contributed by atoms with Gasteiger partial charge in [0.05, 0.1) is 12.4 Å². The maximum Gasteiger partial charge on any atom is 0.271 e. The molecule has 0 bridgehead atoms. The monoisotopic (exact) mass is 518 g/mol. The molecule has 198 valence electrons. The zero-order valence-corrected chi connectivity index (χ0v) is 23.0. The molecule has 2 N–H and O–H groups in total. The third-order valence-electron chi connectivity index (χ3n) is 5.96. The van der Waals surface area contributed by atoms with Crippen molar-refractivity contribution in [2.24, 2.45) is 10.2 Å². The topological polar surface area (TPSA) is 82.9 Å². The Balaban J connectivity index is 0.00000205. The fourth-order valence-electron chi connectivity index (χ4n) is 3.68. The minimum absolute atomic E-state index is 0.287. The molecule has 0 radical (unpaired) electrons. The molecule has 4 aromatic rings. The number of aryl methyl sites for hydroxylation is 3. The van der Waals surface area contributed by atoms with Crippen molar-refractivity contribution in [3.8, 4) is 11.1 Å². The standard InChI is InChI=1S/C31H28N4O2.C2H6/c1-21-5-4-6-24(17-21)19-32-34-30(36)28-13-9-26(10-14-28)27-11-15-29(16-12-27)31(37)35-33-20-25-8-7-22(2)23(3)18-25;1-2/h4-20H,1-3H3,(H,34,36)(H,35,37);1-2H3/b32-19+,33-20+;. The largest absolute Gasteiger partial charge is 0.271 e. The number of nitrogens with zero attached hydrogens (tertiary/aromatic N) is 2. The summed E-state index contributed by atoms with van der Waals surface area (Å²) in [5.74, 6) is -0.575. The number of hydrogen-bond donors (Lipinski definition) is 2. The van der Waals surface area contributed by atoms with E-state index in [1.807, 2.05) is 94.4 Å². The van der Waals surface area contributed by atoms with Crippen LogP contribution >= 0.6 is 0 Å². The predicted octanol–water partition coefficient (Wildman–Crippen LogP) is 6.83. The molecular formula is C33H34N4O2. The maximum atomic E-state index is 12.4. The van der Waals surface area contributed by atoms with E-state index in [1.54, 1.807) is 36.7 Å². The fourth-order valence-corrected chi connectivity index (χ4v) is 3.68. The van der Waals surface area contributed by atoms with Crippen LogP contribution in [0.15, 0.2) is 101 Å². The van der Waals surface area contributed by atoms with Crippen molar-refractivity contribution in [2.45, 2.75) is 34.6 Å². The van der Waals surface area contributed by atoms with Gasteiger partial charge in [-0.2, -0.15) is 10.2 Å². The van der Waals surface area contributed by atoms with Crippen LogP contribution in [0.4, 0.5) is 0 Å². The molecule has 0 aliphatic heterocycles. The first kappa shape index (κ1) is 28.7. The van der Waals surface area contributed by atoms with Crippen LogP contribution in [0.3, 0.4) is 0 Å².